The maximum Gasteiger partial charge on any atom is 0.193 e. The van der Waals surface area contributed by atoms with E-state index in [0.29, 0.717) is 0 Å². The molecule has 0 aliphatic rings. The third kappa shape index (κ3) is 10.6. The van der Waals surface area contributed by atoms with Crippen LogP contribution >= 0.6 is 20.4 Å². The van der Waals surface area contributed by atoms with Crippen LogP contribution in [-0.4, -0.2) is 48.1 Å². The summed E-state index contributed by atoms with van der Waals surface area (Å²) in [6.45, 7) is 0. The average Bonchev–Trinajstić information content (AvgIpc) is 3.03. The van der Waals surface area contributed by atoms with Gasteiger partial charge in [-0.05, 0) is 97.9 Å². The largest absolute Gasteiger partial charge is 0.348 e. The molecule has 0 saturated carbocycles. The van der Waals surface area contributed by atoms with Crippen LogP contribution in [-0.2, 0) is 0 Å². The number of nitrogens with one attached hydrogen (secondary N) is 2. The Bertz CT molecular complexity index is 1350. The van der Waals surface area contributed by atoms with Crippen LogP contribution in [0.25, 0.3) is 0 Å². The van der Waals surface area contributed by atoms with Crippen molar-refractivity contribution in [1.82, 2.24) is 0 Å². The van der Waals surface area contributed by atoms with E-state index in [1.54, 1.807) is 0 Å². The number of carbonyl (C=O) groups excluding carboxylic acids is 2. The van der Waals surface area contributed by atoms with E-state index in [2.05, 4.69) is 34.5 Å². The van der Waals surface area contributed by atoms with Gasteiger partial charge in [0.2, 0.25) is 0 Å². The summed E-state index contributed by atoms with van der Waals surface area (Å²) in [6, 6.07) is 34.7. The predicted molar refractivity (Wildman–Crippen MR) is 196 cm³/mol. The molecule has 0 atom stereocenters. The van der Waals surface area contributed by atoms with E-state index in [0.717, 1.165) is 33.6 Å². The summed E-state index contributed by atoms with van der Waals surface area (Å²) in [7, 11) is -1.89. The molecule has 0 spiro atoms. The molecular formula is C38H48N2O2S2. The first kappa shape index (κ1) is 33.4. The number of hydrogen-bond acceptors (Lipinski definition) is 4. The van der Waals surface area contributed by atoms with Crippen molar-refractivity contribution in [2.75, 3.05) is 46.0 Å². The molecule has 0 aliphatic heterocycles. The van der Waals surface area contributed by atoms with E-state index in [1.165, 1.54) is 50.0 Å². The fraction of sp³-hybridized carbons (Fsp3) is 0.316. The van der Waals surface area contributed by atoms with Gasteiger partial charge < -0.3 is 9.44 Å². The maximum atomic E-state index is 12.7. The predicted octanol–water partition coefficient (Wildman–Crippen LogP) is 9.97. The Balaban J connectivity index is 1.09. The topological polar surface area (TPSA) is 58.2 Å². The highest BCUT2D eigenvalue weighted by molar-refractivity contribution is 8.34. The van der Waals surface area contributed by atoms with Crippen molar-refractivity contribution in [1.29, 1.82) is 0 Å². The summed E-state index contributed by atoms with van der Waals surface area (Å²) >= 11 is 0. The van der Waals surface area contributed by atoms with Crippen molar-refractivity contribution in [2.45, 2.75) is 38.5 Å². The van der Waals surface area contributed by atoms with E-state index < -0.39 is 20.4 Å². The van der Waals surface area contributed by atoms with Crippen LogP contribution in [0.4, 0.5) is 11.4 Å². The lowest BCUT2D eigenvalue weighted by molar-refractivity contribution is 0.103. The number of hydrogen-bond donors (Lipinski definition) is 2. The van der Waals surface area contributed by atoms with Crippen LogP contribution in [0.3, 0.4) is 0 Å². The van der Waals surface area contributed by atoms with Crippen LogP contribution in [0.2, 0.25) is 0 Å². The highest BCUT2D eigenvalue weighted by Crippen LogP contribution is 2.42. The van der Waals surface area contributed by atoms with Crippen LogP contribution in [0, 0.1) is 0 Å². The number of carbonyl (C=O) groups is 2. The van der Waals surface area contributed by atoms with E-state index in [-0.39, 0.29) is 11.6 Å². The lowest BCUT2D eigenvalue weighted by Gasteiger charge is -2.34. The molecule has 0 fully saturated rings. The van der Waals surface area contributed by atoms with Crippen molar-refractivity contribution in [3.05, 3.63) is 131 Å². The smallest absolute Gasteiger partial charge is 0.193 e. The second kappa shape index (κ2) is 16.0. The number of rotatable bonds is 17. The molecule has 0 aliphatic carbocycles. The summed E-state index contributed by atoms with van der Waals surface area (Å²) < 4.78 is 7.48. The fourth-order valence-corrected chi connectivity index (χ4v) is 8.87. The van der Waals surface area contributed by atoms with Gasteiger partial charge in [-0.15, -0.1) is 0 Å². The van der Waals surface area contributed by atoms with Gasteiger partial charge in [-0.2, -0.15) is 20.4 Å². The van der Waals surface area contributed by atoms with Crippen molar-refractivity contribution in [3.8, 4) is 0 Å². The monoisotopic (exact) mass is 628 g/mol. The summed E-state index contributed by atoms with van der Waals surface area (Å²) in [5, 5.41) is 0. The molecule has 6 heteroatoms. The maximum absolute atomic E-state index is 12.7. The first-order valence-electron chi connectivity index (χ1n) is 15.5. The number of ketones is 2. The first-order valence-corrected chi connectivity index (χ1v) is 20.7. The molecule has 2 N–H and O–H groups in total. The third-order valence-corrected chi connectivity index (χ3v) is 11.9. The Hall–Kier alpha value is -3.48. The Labute approximate surface area is 268 Å². The van der Waals surface area contributed by atoms with E-state index in [1.807, 2.05) is 109 Å². The lowest BCUT2D eigenvalue weighted by Crippen LogP contribution is -2.12. The Kier molecular flexibility index (Phi) is 12.2. The van der Waals surface area contributed by atoms with Gasteiger partial charge in [0.15, 0.2) is 11.6 Å². The summed E-state index contributed by atoms with van der Waals surface area (Å²) in [4.78, 5) is 25.4. The third-order valence-electron chi connectivity index (χ3n) is 7.71. The Morgan fingerprint density at radius 1 is 0.432 bits per heavy atom. The highest BCUT2D eigenvalue weighted by Gasteiger charge is 2.14. The molecule has 0 heterocycles. The zero-order valence-corrected chi connectivity index (χ0v) is 28.3. The second-order valence-corrected chi connectivity index (χ2v) is 19.7. The molecule has 0 radical (unpaired) electrons. The Morgan fingerprint density at radius 3 is 1.07 bits per heavy atom. The van der Waals surface area contributed by atoms with Gasteiger partial charge in [-0.1, -0.05) is 86.3 Å². The van der Waals surface area contributed by atoms with Crippen LogP contribution in [0.1, 0.15) is 70.4 Å². The molecule has 0 aromatic heterocycles. The SMILES string of the molecule is CS(C)(CCCCCCCCS(C)(C)Nc1ccc(C(=O)c2ccccc2)cc1)Nc1ccc(C(=O)c2ccccc2)cc1. The van der Waals surface area contributed by atoms with Gasteiger partial charge in [0.25, 0.3) is 0 Å². The summed E-state index contributed by atoms with van der Waals surface area (Å²) in [5.41, 5.74) is 5.07. The minimum Gasteiger partial charge on any atom is -0.348 e. The number of anilines is 2. The van der Waals surface area contributed by atoms with E-state index in [9.17, 15) is 9.59 Å². The molecule has 4 rings (SSSR count). The standard InChI is InChI=1S/C38H48N2O2S2/c1-43(2,39-35-25-21-33(22-26-35)37(41)31-17-11-9-12-18-31)29-15-7-5-6-8-16-30-44(3,4)40-36-27-23-34(24-28-36)38(42)32-19-13-10-14-20-32/h9-14,17-28,39-40H,5-8,15-16,29-30H2,1-4H3. The van der Waals surface area contributed by atoms with Gasteiger partial charge >= 0.3 is 0 Å². The van der Waals surface area contributed by atoms with Crippen LogP contribution in [0.5, 0.6) is 0 Å². The summed E-state index contributed by atoms with van der Waals surface area (Å²) in [5.74, 6) is 2.50. The average molecular weight is 629 g/mol. The first-order chi connectivity index (χ1) is 21.1. The Morgan fingerprint density at radius 2 is 0.727 bits per heavy atom. The molecule has 0 unspecified atom stereocenters. The van der Waals surface area contributed by atoms with Crippen molar-refractivity contribution < 1.29 is 9.59 Å². The molecule has 4 nitrogen and oxygen atoms in total. The molecular weight excluding hydrogens is 581 g/mol. The van der Waals surface area contributed by atoms with Crippen molar-refractivity contribution in [2.24, 2.45) is 0 Å². The van der Waals surface area contributed by atoms with Crippen LogP contribution < -0.4 is 9.44 Å². The minimum absolute atomic E-state index is 0.0631. The van der Waals surface area contributed by atoms with E-state index in [4.69, 9.17) is 0 Å². The molecule has 234 valence electrons. The quantitative estimate of drug-likeness (QED) is 0.0903. The zero-order chi connectivity index (χ0) is 31.4. The van der Waals surface area contributed by atoms with Crippen molar-refractivity contribution >= 4 is 43.4 Å². The molecule has 0 saturated heterocycles. The number of benzene rings is 4. The van der Waals surface area contributed by atoms with Crippen LogP contribution in [0.15, 0.2) is 109 Å². The summed E-state index contributed by atoms with van der Waals surface area (Å²) in [6.07, 6.45) is 16.9. The van der Waals surface area contributed by atoms with Gasteiger partial charge in [0.05, 0.1) is 0 Å². The van der Waals surface area contributed by atoms with Gasteiger partial charge in [0, 0.05) is 33.6 Å². The zero-order valence-electron chi connectivity index (χ0n) is 26.7. The number of unbranched alkanes of at least 4 members (excludes halogenated alkanes) is 5. The van der Waals surface area contributed by atoms with Gasteiger partial charge in [0.1, 0.15) is 0 Å². The van der Waals surface area contributed by atoms with E-state index >= 15 is 0 Å². The van der Waals surface area contributed by atoms with Crippen molar-refractivity contribution in [3.63, 3.8) is 0 Å². The molecule has 0 amide bonds. The normalized spacial score (nSPS) is 12.4. The van der Waals surface area contributed by atoms with Gasteiger partial charge in [-0.25, -0.2) is 0 Å². The minimum atomic E-state index is -0.947. The second-order valence-electron chi connectivity index (χ2n) is 12.4. The molecule has 4 aromatic carbocycles. The van der Waals surface area contributed by atoms with Gasteiger partial charge in [-0.3, -0.25) is 9.59 Å². The fourth-order valence-electron chi connectivity index (χ4n) is 5.26. The molecule has 4 aromatic rings. The lowest BCUT2D eigenvalue weighted by atomic mass is 10.0. The molecule has 0 bridgehead atoms. The highest BCUT2D eigenvalue weighted by atomic mass is 32.3. The molecule has 44 heavy (non-hydrogen) atoms.